The summed E-state index contributed by atoms with van der Waals surface area (Å²) in [5, 5.41) is 11.9. The van der Waals surface area contributed by atoms with Crippen LogP contribution in [0, 0.1) is 11.8 Å². The van der Waals surface area contributed by atoms with Crippen molar-refractivity contribution in [1.29, 1.82) is 0 Å². The van der Waals surface area contributed by atoms with E-state index in [2.05, 4.69) is 5.32 Å². The molecule has 0 saturated carbocycles. The van der Waals surface area contributed by atoms with Crippen molar-refractivity contribution in [2.24, 2.45) is 11.8 Å². The smallest absolute Gasteiger partial charge is 0.269 e. The molecule has 8 heteroatoms. The number of amides is 1. The molecule has 0 bridgehead atoms. The van der Waals surface area contributed by atoms with Crippen LogP contribution >= 0.6 is 0 Å². The lowest BCUT2D eigenvalue weighted by molar-refractivity contribution is -0.131. The molecular formula is C17H27FN2O4S. The van der Waals surface area contributed by atoms with Gasteiger partial charge in [-0.15, -0.1) is 4.48 Å². The number of sulfonamides is 1. The Labute approximate surface area is 149 Å². The van der Waals surface area contributed by atoms with E-state index in [1.165, 1.54) is 24.3 Å². The molecule has 0 fully saturated rings. The maximum absolute atomic E-state index is 14.8. The molecule has 0 aliphatic carbocycles. The Hall–Kier alpha value is -1.51. The highest BCUT2D eigenvalue weighted by atomic mass is 32.2. The van der Waals surface area contributed by atoms with Crippen molar-refractivity contribution in [3.05, 3.63) is 30.3 Å². The molecule has 1 aromatic rings. The van der Waals surface area contributed by atoms with Crippen molar-refractivity contribution in [3.63, 3.8) is 0 Å². The van der Waals surface area contributed by atoms with Gasteiger partial charge in [-0.05, 0) is 34.9 Å². The summed E-state index contributed by atoms with van der Waals surface area (Å²) >= 11 is 0. The zero-order chi connectivity index (χ0) is 19.2. The van der Waals surface area contributed by atoms with Crippen LogP contribution in [0.4, 0.5) is 4.48 Å². The van der Waals surface area contributed by atoms with Gasteiger partial charge >= 0.3 is 0 Å². The molecule has 0 unspecified atom stereocenters. The van der Waals surface area contributed by atoms with Gasteiger partial charge in [0, 0.05) is 0 Å². The number of rotatable bonds is 9. The van der Waals surface area contributed by atoms with E-state index in [9.17, 15) is 22.8 Å². The number of aliphatic hydroxyl groups is 1. The second kappa shape index (κ2) is 9.26. The van der Waals surface area contributed by atoms with E-state index >= 15 is 0 Å². The average molecular weight is 374 g/mol. The van der Waals surface area contributed by atoms with Crippen molar-refractivity contribution < 1.29 is 22.8 Å². The molecule has 0 aromatic heterocycles. The minimum absolute atomic E-state index is 0.212. The lowest BCUT2D eigenvalue weighted by Gasteiger charge is -2.28. The van der Waals surface area contributed by atoms with Gasteiger partial charge in [0.2, 0.25) is 5.91 Å². The van der Waals surface area contributed by atoms with E-state index in [0.717, 1.165) is 0 Å². The molecule has 6 nitrogen and oxygen atoms in total. The van der Waals surface area contributed by atoms with Crippen LogP contribution in [0.25, 0.3) is 0 Å². The Morgan fingerprint density at radius 2 is 1.76 bits per heavy atom. The number of nitrogens with one attached hydrogen (secondary N) is 1. The average Bonchev–Trinajstić information content (AvgIpc) is 2.54. The molecule has 142 valence electrons. The van der Waals surface area contributed by atoms with Gasteiger partial charge in [-0.1, -0.05) is 45.9 Å². The third kappa shape index (κ3) is 5.76. The van der Waals surface area contributed by atoms with Crippen LogP contribution in [0.2, 0.25) is 0 Å². The summed E-state index contributed by atoms with van der Waals surface area (Å²) in [7, 11) is -4.45. The molecule has 0 spiro atoms. The quantitative estimate of drug-likeness (QED) is 0.648. The first-order chi connectivity index (χ1) is 11.6. The number of hydrogen-bond donors (Lipinski definition) is 2. The van der Waals surface area contributed by atoms with Crippen molar-refractivity contribution in [3.8, 4) is 0 Å². The van der Waals surface area contributed by atoms with Crippen LogP contribution in [0.3, 0.4) is 0 Å². The molecule has 0 heterocycles. The maximum atomic E-state index is 14.8. The van der Waals surface area contributed by atoms with Crippen LogP contribution in [0.5, 0.6) is 0 Å². The molecule has 0 saturated heterocycles. The van der Waals surface area contributed by atoms with Gasteiger partial charge in [0.1, 0.15) is 6.04 Å². The molecule has 2 N–H and O–H groups in total. The second-order valence-electron chi connectivity index (χ2n) is 6.77. The predicted molar refractivity (Wildman–Crippen MR) is 93.7 cm³/mol. The van der Waals surface area contributed by atoms with E-state index in [1.807, 2.05) is 13.8 Å². The van der Waals surface area contributed by atoms with E-state index in [0.29, 0.717) is 6.42 Å². The number of hydrogen-bond acceptors (Lipinski definition) is 4. The highest BCUT2D eigenvalue weighted by Crippen LogP contribution is 2.23. The standard InChI is InChI=1S/C17H27FN2O4S/c1-12(2)10-14(11-21)19-17(22)16(13(3)4)20(18)25(23,24)15-8-6-5-7-9-15/h5-9,12-14,16,21H,10-11H2,1-4H3,(H,19,22)/t14-,16-/m0/s1. The van der Waals surface area contributed by atoms with Gasteiger partial charge in [0.05, 0.1) is 17.5 Å². The summed E-state index contributed by atoms with van der Waals surface area (Å²) in [5.41, 5.74) is 0. The van der Waals surface area contributed by atoms with Gasteiger partial charge in [-0.2, -0.15) is 0 Å². The number of halogens is 1. The van der Waals surface area contributed by atoms with Crippen molar-refractivity contribution in [2.45, 2.75) is 51.1 Å². The Bertz CT molecular complexity index is 650. The van der Waals surface area contributed by atoms with Crippen molar-refractivity contribution in [2.75, 3.05) is 6.61 Å². The molecule has 1 rings (SSSR count). The minimum atomic E-state index is -4.45. The summed E-state index contributed by atoms with van der Waals surface area (Å²) in [4.78, 5) is 12.3. The maximum Gasteiger partial charge on any atom is 0.269 e. The fraction of sp³-hybridized carbons (Fsp3) is 0.588. The number of carbonyl (C=O) groups excluding carboxylic acids is 1. The summed E-state index contributed by atoms with van der Waals surface area (Å²) in [5.74, 6) is -1.15. The van der Waals surface area contributed by atoms with Gasteiger partial charge in [0.25, 0.3) is 10.0 Å². The lowest BCUT2D eigenvalue weighted by Crippen LogP contribution is -2.52. The van der Waals surface area contributed by atoms with E-state index in [1.54, 1.807) is 19.9 Å². The largest absolute Gasteiger partial charge is 0.394 e. The Morgan fingerprint density at radius 3 is 2.20 bits per heavy atom. The summed E-state index contributed by atoms with van der Waals surface area (Å²) in [6, 6.07) is 5.05. The first-order valence-corrected chi connectivity index (χ1v) is 9.71. The van der Waals surface area contributed by atoms with Gasteiger partial charge in [-0.25, -0.2) is 8.42 Å². The molecule has 2 atom stereocenters. The minimum Gasteiger partial charge on any atom is -0.394 e. The monoisotopic (exact) mass is 374 g/mol. The number of benzene rings is 1. The number of nitrogens with zero attached hydrogens (tertiary/aromatic N) is 1. The Kier molecular flexibility index (Phi) is 7.98. The lowest BCUT2D eigenvalue weighted by atomic mass is 10.0. The summed E-state index contributed by atoms with van der Waals surface area (Å²) in [6.07, 6.45) is 0.505. The van der Waals surface area contributed by atoms with E-state index < -0.39 is 33.9 Å². The molecule has 25 heavy (non-hydrogen) atoms. The molecule has 0 radical (unpaired) electrons. The first kappa shape index (κ1) is 21.5. The zero-order valence-corrected chi connectivity index (χ0v) is 15.8. The van der Waals surface area contributed by atoms with Crippen molar-refractivity contribution in [1.82, 2.24) is 9.84 Å². The van der Waals surface area contributed by atoms with Crippen molar-refractivity contribution >= 4 is 15.9 Å². The molecule has 1 amide bonds. The molecule has 0 aliphatic rings. The van der Waals surface area contributed by atoms with Crippen LogP contribution in [0.15, 0.2) is 35.2 Å². The summed E-state index contributed by atoms with van der Waals surface area (Å²) < 4.78 is 39.3. The van der Waals surface area contributed by atoms with Gasteiger partial charge < -0.3 is 10.4 Å². The van der Waals surface area contributed by atoms with Crippen LogP contribution in [0.1, 0.15) is 34.1 Å². The first-order valence-electron chi connectivity index (χ1n) is 8.27. The van der Waals surface area contributed by atoms with Gasteiger partial charge in [0.15, 0.2) is 0 Å². The van der Waals surface area contributed by atoms with Crippen LogP contribution < -0.4 is 5.32 Å². The Balaban J connectivity index is 3.04. The third-order valence-corrected chi connectivity index (χ3v) is 5.27. The van der Waals surface area contributed by atoms with Gasteiger partial charge in [-0.3, -0.25) is 4.79 Å². The molecule has 1 aromatic carbocycles. The SMILES string of the molecule is CC(C)C[C@@H](CO)NC(=O)[C@H](C(C)C)N(F)S(=O)(=O)c1ccccc1. The van der Waals surface area contributed by atoms with Crippen LogP contribution in [-0.2, 0) is 14.8 Å². The topological polar surface area (TPSA) is 86.7 Å². The highest BCUT2D eigenvalue weighted by Gasteiger charge is 2.39. The summed E-state index contributed by atoms with van der Waals surface area (Å²) in [6.45, 7) is 6.68. The van der Waals surface area contributed by atoms with E-state index in [4.69, 9.17) is 0 Å². The zero-order valence-electron chi connectivity index (χ0n) is 15.0. The highest BCUT2D eigenvalue weighted by molar-refractivity contribution is 7.89. The second-order valence-corrected chi connectivity index (χ2v) is 8.54. The number of aliphatic hydroxyl groups excluding tert-OH is 1. The van der Waals surface area contributed by atoms with E-state index in [-0.39, 0.29) is 21.9 Å². The normalized spacial score (nSPS) is 14.8. The fourth-order valence-corrected chi connectivity index (χ4v) is 3.85. The predicted octanol–water partition coefficient (Wildman–Crippen LogP) is 2.11. The fourth-order valence-electron chi connectivity index (χ4n) is 2.51. The van der Waals surface area contributed by atoms with Crippen LogP contribution in [-0.4, -0.2) is 42.6 Å². The molecular weight excluding hydrogens is 347 g/mol. The Morgan fingerprint density at radius 1 is 1.20 bits per heavy atom. The number of carbonyl (C=O) groups is 1. The molecule has 0 aliphatic heterocycles. The third-order valence-electron chi connectivity index (χ3n) is 3.71.